The Labute approximate surface area is 124 Å². The van der Waals surface area contributed by atoms with Crippen molar-refractivity contribution in [2.45, 2.75) is 6.04 Å². The van der Waals surface area contributed by atoms with E-state index in [-0.39, 0.29) is 6.04 Å². The number of rotatable bonds is 5. The molecule has 1 unspecified atom stereocenters. The van der Waals surface area contributed by atoms with Crippen molar-refractivity contribution in [3.8, 4) is 11.5 Å². The van der Waals surface area contributed by atoms with Crippen molar-refractivity contribution in [1.29, 1.82) is 0 Å². The van der Waals surface area contributed by atoms with Crippen LogP contribution >= 0.6 is 27.3 Å². The van der Waals surface area contributed by atoms with Gasteiger partial charge >= 0.3 is 0 Å². The number of halogens is 1. The largest absolute Gasteiger partial charge is 0.497 e. The Hall–Kier alpha value is -1.08. The van der Waals surface area contributed by atoms with Crippen LogP contribution in [0.5, 0.6) is 11.5 Å². The van der Waals surface area contributed by atoms with E-state index in [0.29, 0.717) is 0 Å². The van der Waals surface area contributed by atoms with Gasteiger partial charge in [0, 0.05) is 10.4 Å². The summed E-state index contributed by atoms with van der Waals surface area (Å²) in [6.07, 6.45) is 0. The van der Waals surface area contributed by atoms with E-state index in [4.69, 9.17) is 15.3 Å². The van der Waals surface area contributed by atoms with Gasteiger partial charge in [0.05, 0.1) is 24.0 Å². The van der Waals surface area contributed by atoms with Crippen molar-refractivity contribution in [2.24, 2.45) is 5.84 Å². The van der Waals surface area contributed by atoms with E-state index in [2.05, 4.69) is 21.4 Å². The van der Waals surface area contributed by atoms with Crippen molar-refractivity contribution in [1.82, 2.24) is 5.43 Å². The molecule has 1 heterocycles. The highest BCUT2D eigenvalue weighted by atomic mass is 79.9. The molecule has 19 heavy (non-hydrogen) atoms. The Bertz CT molecular complexity index is 559. The fourth-order valence-electron chi connectivity index (χ4n) is 1.87. The maximum Gasteiger partial charge on any atom is 0.124 e. The minimum atomic E-state index is -0.138. The molecule has 0 amide bonds. The average Bonchev–Trinajstić information content (AvgIpc) is 2.86. The fraction of sp³-hybridized carbons (Fsp3) is 0.231. The number of hydrogen-bond acceptors (Lipinski definition) is 5. The molecule has 102 valence electrons. The number of nitrogens with two attached hydrogens (primary N) is 1. The SMILES string of the molecule is COc1ccc(OC)c(C(NN)c2ccc(Br)s2)c1. The molecule has 2 rings (SSSR count). The standard InChI is InChI=1S/C13H15BrN2O2S/c1-17-8-3-4-10(18-2)9(7-8)13(16-15)11-5-6-12(14)19-11/h3-7,13,16H,15H2,1-2H3. The summed E-state index contributed by atoms with van der Waals surface area (Å²) in [5.74, 6) is 7.25. The van der Waals surface area contributed by atoms with Crippen LogP contribution in [0.25, 0.3) is 0 Å². The zero-order valence-electron chi connectivity index (χ0n) is 10.6. The van der Waals surface area contributed by atoms with Gasteiger partial charge in [-0.15, -0.1) is 11.3 Å². The topological polar surface area (TPSA) is 56.5 Å². The summed E-state index contributed by atoms with van der Waals surface area (Å²) in [4.78, 5) is 1.10. The predicted octanol–water partition coefficient (Wildman–Crippen LogP) is 3.08. The van der Waals surface area contributed by atoms with E-state index in [1.54, 1.807) is 25.6 Å². The van der Waals surface area contributed by atoms with Crippen molar-refractivity contribution < 1.29 is 9.47 Å². The molecule has 6 heteroatoms. The Morgan fingerprint density at radius 1 is 1.21 bits per heavy atom. The molecule has 0 bridgehead atoms. The number of methoxy groups -OCH3 is 2. The third kappa shape index (κ3) is 3.09. The van der Waals surface area contributed by atoms with Gasteiger partial charge in [0.15, 0.2) is 0 Å². The average molecular weight is 343 g/mol. The van der Waals surface area contributed by atoms with Gasteiger partial charge in [-0.1, -0.05) is 0 Å². The maximum absolute atomic E-state index is 5.71. The smallest absolute Gasteiger partial charge is 0.124 e. The van der Waals surface area contributed by atoms with Crippen LogP contribution in [0.2, 0.25) is 0 Å². The monoisotopic (exact) mass is 342 g/mol. The van der Waals surface area contributed by atoms with Gasteiger partial charge in [-0.05, 0) is 46.3 Å². The molecule has 0 fully saturated rings. The zero-order valence-corrected chi connectivity index (χ0v) is 13.0. The van der Waals surface area contributed by atoms with Crippen LogP contribution < -0.4 is 20.7 Å². The first-order valence-electron chi connectivity index (χ1n) is 5.63. The van der Waals surface area contributed by atoms with Gasteiger partial charge in [-0.3, -0.25) is 5.84 Å². The molecule has 0 saturated heterocycles. The van der Waals surface area contributed by atoms with Crippen molar-refractivity contribution in [3.63, 3.8) is 0 Å². The van der Waals surface area contributed by atoms with Gasteiger partial charge in [-0.2, -0.15) is 0 Å². The summed E-state index contributed by atoms with van der Waals surface area (Å²) in [5, 5.41) is 0. The number of hydrogen-bond donors (Lipinski definition) is 2. The first-order chi connectivity index (χ1) is 9.19. The highest BCUT2D eigenvalue weighted by molar-refractivity contribution is 9.11. The first kappa shape index (κ1) is 14.3. The quantitative estimate of drug-likeness (QED) is 0.647. The molecule has 3 N–H and O–H groups in total. The van der Waals surface area contributed by atoms with Gasteiger partial charge in [0.1, 0.15) is 11.5 Å². The lowest BCUT2D eigenvalue weighted by molar-refractivity contribution is 0.394. The van der Waals surface area contributed by atoms with Crippen LogP contribution in [0.1, 0.15) is 16.5 Å². The molecular weight excluding hydrogens is 328 g/mol. The minimum Gasteiger partial charge on any atom is -0.497 e. The van der Waals surface area contributed by atoms with E-state index >= 15 is 0 Å². The van der Waals surface area contributed by atoms with Crippen LogP contribution in [-0.4, -0.2) is 14.2 Å². The molecule has 4 nitrogen and oxygen atoms in total. The lowest BCUT2D eigenvalue weighted by atomic mass is 10.0. The van der Waals surface area contributed by atoms with Crippen molar-refractivity contribution >= 4 is 27.3 Å². The van der Waals surface area contributed by atoms with E-state index < -0.39 is 0 Å². The second-order valence-electron chi connectivity index (χ2n) is 3.85. The summed E-state index contributed by atoms with van der Waals surface area (Å²) in [6.45, 7) is 0. The zero-order chi connectivity index (χ0) is 13.8. The van der Waals surface area contributed by atoms with Crippen LogP contribution in [0.15, 0.2) is 34.1 Å². The molecule has 1 aromatic carbocycles. The predicted molar refractivity (Wildman–Crippen MR) is 80.7 cm³/mol. The molecule has 0 aliphatic rings. The molecule has 1 aromatic heterocycles. The van der Waals surface area contributed by atoms with Crippen molar-refractivity contribution in [2.75, 3.05) is 14.2 Å². The van der Waals surface area contributed by atoms with Crippen LogP contribution in [0.3, 0.4) is 0 Å². The van der Waals surface area contributed by atoms with E-state index in [1.807, 2.05) is 30.3 Å². The molecule has 0 aliphatic heterocycles. The van der Waals surface area contributed by atoms with Gasteiger partial charge in [0.25, 0.3) is 0 Å². The minimum absolute atomic E-state index is 0.138. The lowest BCUT2D eigenvalue weighted by Gasteiger charge is -2.18. The third-order valence-electron chi connectivity index (χ3n) is 2.79. The summed E-state index contributed by atoms with van der Waals surface area (Å²) >= 11 is 5.09. The number of nitrogens with one attached hydrogen (secondary N) is 1. The lowest BCUT2D eigenvalue weighted by Crippen LogP contribution is -2.28. The summed E-state index contributed by atoms with van der Waals surface area (Å²) < 4.78 is 11.7. The van der Waals surface area contributed by atoms with Crippen molar-refractivity contribution in [3.05, 3.63) is 44.6 Å². The van der Waals surface area contributed by atoms with E-state index in [0.717, 1.165) is 25.7 Å². The van der Waals surface area contributed by atoms with Gasteiger partial charge in [-0.25, -0.2) is 5.43 Å². The molecule has 0 radical (unpaired) electrons. The fourth-order valence-corrected chi connectivity index (χ4v) is 3.38. The molecule has 0 spiro atoms. The number of benzene rings is 1. The Morgan fingerprint density at radius 2 is 2.00 bits per heavy atom. The normalized spacial score (nSPS) is 12.2. The van der Waals surface area contributed by atoms with Crippen LogP contribution in [-0.2, 0) is 0 Å². The second kappa shape index (κ2) is 6.38. The highest BCUT2D eigenvalue weighted by Crippen LogP contribution is 2.36. The molecule has 0 saturated carbocycles. The molecule has 1 atom stereocenters. The van der Waals surface area contributed by atoms with E-state index in [1.165, 1.54) is 0 Å². The van der Waals surface area contributed by atoms with Gasteiger partial charge < -0.3 is 9.47 Å². The third-order valence-corrected chi connectivity index (χ3v) is 4.48. The Balaban J connectivity index is 2.47. The van der Waals surface area contributed by atoms with Crippen LogP contribution in [0.4, 0.5) is 0 Å². The maximum atomic E-state index is 5.71. The molecular formula is C13H15BrN2O2S. The van der Waals surface area contributed by atoms with Gasteiger partial charge in [0.2, 0.25) is 0 Å². The van der Waals surface area contributed by atoms with Crippen LogP contribution in [0, 0.1) is 0 Å². The highest BCUT2D eigenvalue weighted by Gasteiger charge is 2.19. The Kier molecular flexibility index (Phi) is 4.81. The summed E-state index contributed by atoms with van der Waals surface area (Å²) in [6, 6.07) is 9.55. The molecule has 0 aliphatic carbocycles. The first-order valence-corrected chi connectivity index (χ1v) is 7.23. The summed E-state index contributed by atoms with van der Waals surface area (Å²) in [5.41, 5.74) is 3.77. The number of thiophene rings is 1. The summed E-state index contributed by atoms with van der Waals surface area (Å²) in [7, 11) is 3.28. The number of hydrazine groups is 1. The second-order valence-corrected chi connectivity index (χ2v) is 6.34. The number of ether oxygens (including phenoxy) is 2. The molecule has 2 aromatic rings. The van der Waals surface area contributed by atoms with E-state index in [9.17, 15) is 0 Å². The Morgan fingerprint density at radius 3 is 2.53 bits per heavy atom.